The minimum Gasteiger partial charge on any atom is -0.351 e. The Morgan fingerprint density at radius 3 is 2.80 bits per heavy atom. The number of carbonyl (C=O) groups excluding carboxylic acids is 1. The Morgan fingerprint density at radius 2 is 2.00 bits per heavy atom. The molecular weight excluding hydrogens is 402 g/mol. The zero-order valence-electron chi connectivity index (χ0n) is 17.4. The lowest BCUT2D eigenvalue weighted by atomic mass is 9.90. The zero-order chi connectivity index (χ0) is 21.1. The fourth-order valence-electron chi connectivity index (χ4n) is 4.34. The Hall–Kier alpha value is -2.26. The molecule has 30 heavy (non-hydrogen) atoms. The van der Waals surface area contributed by atoms with Gasteiger partial charge in [0.25, 0.3) is 5.91 Å². The first-order valence-electron chi connectivity index (χ1n) is 10.7. The van der Waals surface area contributed by atoms with Crippen molar-refractivity contribution in [2.45, 2.75) is 51.5 Å². The van der Waals surface area contributed by atoms with Crippen LogP contribution in [0.3, 0.4) is 0 Å². The predicted molar refractivity (Wildman–Crippen MR) is 114 cm³/mol. The van der Waals surface area contributed by atoms with Crippen LogP contribution in [0.25, 0.3) is 0 Å². The number of nitrogens with one attached hydrogen (secondary N) is 1. The van der Waals surface area contributed by atoms with Gasteiger partial charge in [0.05, 0.1) is 5.75 Å². The zero-order valence-corrected chi connectivity index (χ0v) is 18.2. The standard InChI is InChI=1S/C21H29N5O3S/c1-16-23-24-20-9-8-19(15-26(16)20)17-6-5-7-18(14-17)21(27)22-10-13-30(28,29)25-11-3-2-4-12-25/h5-7,14,19H,2-4,8-13,15H2,1H3,(H,22,27)/t19-/m0/s1. The first-order chi connectivity index (χ1) is 14.4. The molecule has 2 aliphatic heterocycles. The van der Waals surface area contributed by atoms with E-state index < -0.39 is 10.0 Å². The second kappa shape index (κ2) is 8.85. The molecule has 0 aliphatic carbocycles. The van der Waals surface area contributed by atoms with Crippen LogP contribution in [0.4, 0.5) is 0 Å². The SMILES string of the molecule is Cc1nnc2n1C[C@@H](c1cccc(C(=O)NCCS(=O)(=O)N3CCCCC3)c1)CC2. The molecule has 1 atom stereocenters. The van der Waals surface area contributed by atoms with E-state index in [1.807, 2.05) is 25.1 Å². The van der Waals surface area contributed by atoms with E-state index in [4.69, 9.17) is 0 Å². The molecule has 8 nitrogen and oxygen atoms in total. The highest BCUT2D eigenvalue weighted by Gasteiger charge is 2.25. The third-order valence-electron chi connectivity index (χ3n) is 6.11. The Morgan fingerprint density at radius 1 is 1.20 bits per heavy atom. The molecule has 0 saturated carbocycles. The molecule has 1 fully saturated rings. The molecule has 162 valence electrons. The van der Waals surface area contributed by atoms with Crippen LogP contribution in [-0.2, 0) is 23.0 Å². The molecule has 0 bridgehead atoms. The summed E-state index contributed by atoms with van der Waals surface area (Å²) in [5.41, 5.74) is 1.68. The van der Waals surface area contributed by atoms with E-state index in [0.717, 1.165) is 55.9 Å². The monoisotopic (exact) mass is 431 g/mol. The van der Waals surface area contributed by atoms with Crippen molar-refractivity contribution >= 4 is 15.9 Å². The quantitative estimate of drug-likeness (QED) is 0.753. The average molecular weight is 432 g/mol. The summed E-state index contributed by atoms with van der Waals surface area (Å²) in [6, 6.07) is 7.64. The number of aromatic nitrogens is 3. The Kier molecular flexibility index (Phi) is 6.19. The molecule has 0 unspecified atom stereocenters. The molecular formula is C21H29N5O3S. The number of rotatable bonds is 6. The maximum atomic E-state index is 12.6. The van der Waals surface area contributed by atoms with E-state index in [9.17, 15) is 13.2 Å². The van der Waals surface area contributed by atoms with Gasteiger partial charge in [-0.2, -0.15) is 0 Å². The van der Waals surface area contributed by atoms with Gasteiger partial charge in [0.1, 0.15) is 11.6 Å². The lowest BCUT2D eigenvalue weighted by molar-refractivity contribution is 0.0956. The number of sulfonamides is 1. The van der Waals surface area contributed by atoms with Crippen molar-refractivity contribution in [3.05, 3.63) is 47.0 Å². The van der Waals surface area contributed by atoms with Gasteiger partial charge in [0.2, 0.25) is 10.0 Å². The van der Waals surface area contributed by atoms with Crippen LogP contribution in [0, 0.1) is 6.92 Å². The maximum Gasteiger partial charge on any atom is 0.251 e. The first kappa shape index (κ1) is 21.0. The molecule has 2 aromatic rings. The number of aryl methyl sites for hydroxylation is 2. The molecule has 1 aromatic carbocycles. The van der Waals surface area contributed by atoms with Crippen LogP contribution in [0.15, 0.2) is 24.3 Å². The molecule has 1 saturated heterocycles. The van der Waals surface area contributed by atoms with Crippen molar-refractivity contribution < 1.29 is 13.2 Å². The van der Waals surface area contributed by atoms with E-state index in [0.29, 0.717) is 24.6 Å². The fourth-order valence-corrected chi connectivity index (χ4v) is 5.77. The summed E-state index contributed by atoms with van der Waals surface area (Å²) in [5.74, 6) is 1.95. The van der Waals surface area contributed by atoms with Gasteiger partial charge < -0.3 is 9.88 Å². The highest BCUT2D eigenvalue weighted by atomic mass is 32.2. The summed E-state index contributed by atoms with van der Waals surface area (Å²) in [7, 11) is -3.31. The lowest BCUT2D eigenvalue weighted by Crippen LogP contribution is -2.40. The van der Waals surface area contributed by atoms with Crippen molar-refractivity contribution in [1.29, 1.82) is 0 Å². The fraction of sp³-hybridized carbons (Fsp3) is 0.571. The largest absolute Gasteiger partial charge is 0.351 e. The molecule has 9 heteroatoms. The number of amides is 1. The van der Waals surface area contributed by atoms with Gasteiger partial charge in [-0.05, 0) is 43.9 Å². The third-order valence-corrected chi connectivity index (χ3v) is 7.98. The number of hydrogen-bond acceptors (Lipinski definition) is 5. The average Bonchev–Trinajstić information content (AvgIpc) is 3.14. The van der Waals surface area contributed by atoms with Gasteiger partial charge in [-0.15, -0.1) is 10.2 Å². The minimum absolute atomic E-state index is 0.0588. The molecule has 1 amide bonds. The van der Waals surface area contributed by atoms with Crippen molar-refractivity contribution in [3.63, 3.8) is 0 Å². The van der Waals surface area contributed by atoms with Gasteiger partial charge in [-0.3, -0.25) is 4.79 Å². The van der Waals surface area contributed by atoms with Gasteiger partial charge in [-0.1, -0.05) is 18.6 Å². The minimum atomic E-state index is -3.31. The summed E-state index contributed by atoms with van der Waals surface area (Å²) < 4.78 is 28.6. The number of nitrogens with zero attached hydrogens (tertiary/aromatic N) is 4. The van der Waals surface area contributed by atoms with Gasteiger partial charge in [0.15, 0.2) is 0 Å². The lowest BCUT2D eigenvalue weighted by Gasteiger charge is -2.26. The van der Waals surface area contributed by atoms with Crippen LogP contribution in [-0.4, -0.2) is 58.8 Å². The molecule has 2 aliphatic rings. The number of benzene rings is 1. The van der Waals surface area contributed by atoms with Gasteiger partial charge in [0, 0.05) is 44.1 Å². The Bertz CT molecular complexity index is 1010. The first-order valence-corrected chi connectivity index (χ1v) is 12.3. The summed E-state index contributed by atoms with van der Waals surface area (Å²) in [6.45, 7) is 4.07. The third kappa shape index (κ3) is 4.57. The van der Waals surface area contributed by atoms with Crippen molar-refractivity contribution in [3.8, 4) is 0 Å². The topological polar surface area (TPSA) is 97.2 Å². The summed E-state index contributed by atoms with van der Waals surface area (Å²) >= 11 is 0. The van der Waals surface area contributed by atoms with E-state index in [-0.39, 0.29) is 18.2 Å². The van der Waals surface area contributed by atoms with Gasteiger partial charge in [-0.25, -0.2) is 12.7 Å². The number of fused-ring (bicyclic) bond motifs is 1. The number of carbonyl (C=O) groups is 1. The van der Waals surface area contributed by atoms with Crippen LogP contribution in [0.2, 0.25) is 0 Å². The summed E-state index contributed by atoms with van der Waals surface area (Å²) in [6.07, 6.45) is 4.75. The van der Waals surface area contributed by atoms with Crippen molar-refractivity contribution in [2.75, 3.05) is 25.4 Å². The molecule has 4 rings (SSSR count). The molecule has 1 N–H and O–H groups in total. The number of hydrogen-bond donors (Lipinski definition) is 1. The van der Waals surface area contributed by atoms with E-state index >= 15 is 0 Å². The summed E-state index contributed by atoms with van der Waals surface area (Å²) in [4.78, 5) is 12.6. The van der Waals surface area contributed by atoms with E-state index in [2.05, 4.69) is 20.1 Å². The van der Waals surface area contributed by atoms with E-state index in [1.54, 1.807) is 10.4 Å². The predicted octanol–water partition coefficient (Wildman–Crippen LogP) is 1.86. The summed E-state index contributed by atoms with van der Waals surface area (Å²) in [5, 5.41) is 11.1. The Balaban J connectivity index is 1.35. The van der Waals surface area contributed by atoms with Crippen molar-refractivity contribution in [2.24, 2.45) is 0 Å². The normalized spacial score (nSPS) is 20.0. The van der Waals surface area contributed by atoms with Crippen LogP contribution in [0.5, 0.6) is 0 Å². The molecule has 3 heterocycles. The van der Waals surface area contributed by atoms with Crippen LogP contribution < -0.4 is 5.32 Å². The van der Waals surface area contributed by atoms with Crippen molar-refractivity contribution in [1.82, 2.24) is 24.4 Å². The number of piperidine rings is 1. The molecule has 0 spiro atoms. The molecule has 1 aromatic heterocycles. The van der Waals surface area contributed by atoms with Crippen LogP contribution in [0.1, 0.15) is 59.2 Å². The second-order valence-electron chi connectivity index (χ2n) is 8.17. The highest BCUT2D eigenvalue weighted by molar-refractivity contribution is 7.89. The maximum absolute atomic E-state index is 12.6. The van der Waals surface area contributed by atoms with Gasteiger partial charge >= 0.3 is 0 Å². The Labute approximate surface area is 177 Å². The molecule has 0 radical (unpaired) electrons. The second-order valence-corrected chi connectivity index (χ2v) is 10.3. The highest BCUT2D eigenvalue weighted by Crippen LogP contribution is 2.29. The smallest absolute Gasteiger partial charge is 0.251 e. The van der Waals surface area contributed by atoms with Crippen LogP contribution >= 0.6 is 0 Å². The van der Waals surface area contributed by atoms with E-state index in [1.165, 1.54) is 0 Å².